The van der Waals surface area contributed by atoms with Gasteiger partial charge in [-0.1, -0.05) is 30.3 Å². The number of hydrogen-bond acceptors (Lipinski definition) is 4. The molecular formula is C12H12BrN3O. The molecule has 17 heavy (non-hydrogen) atoms. The van der Waals surface area contributed by atoms with Crippen LogP contribution in [0.4, 0.5) is 5.82 Å². The van der Waals surface area contributed by atoms with E-state index in [0.717, 1.165) is 11.3 Å². The van der Waals surface area contributed by atoms with Gasteiger partial charge in [0.15, 0.2) is 5.82 Å². The van der Waals surface area contributed by atoms with Crippen molar-refractivity contribution in [3.05, 3.63) is 40.5 Å². The highest BCUT2D eigenvalue weighted by atomic mass is 79.9. The lowest BCUT2D eigenvalue weighted by Crippen LogP contribution is -2.03. The van der Waals surface area contributed by atoms with Gasteiger partial charge in [0, 0.05) is 12.7 Å². The monoisotopic (exact) mass is 293 g/mol. The van der Waals surface area contributed by atoms with Gasteiger partial charge in [-0.3, -0.25) is 0 Å². The number of halogens is 1. The molecule has 0 aliphatic carbocycles. The molecule has 4 nitrogen and oxygen atoms in total. The first-order valence-electron chi connectivity index (χ1n) is 5.08. The Kier molecular flexibility index (Phi) is 3.71. The van der Waals surface area contributed by atoms with Crippen LogP contribution in [0.1, 0.15) is 5.69 Å². The maximum atomic E-state index is 5.84. The zero-order chi connectivity index (χ0) is 12.3. The Balaban J connectivity index is 2.49. The summed E-state index contributed by atoms with van der Waals surface area (Å²) >= 11 is 3.36. The second-order valence-electron chi connectivity index (χ2n) is 3.49. The third kappa shape index (κ3) is 2.62. The average Bonchev–Trinajstić information content (AvgIpc) is 2.36. The molecule has 5 heteroatoms. The Morgan fingerprint density at radius 1 is 1.24 bits per heavy atom. The Bertz CT molecular complexity index is 517. The normalized spacial score (nSPS) is 10.5. The molecule has 0 radical (unpaired) electrons. The molecular weight excluding hydrogens is 282 g/mol. The van der Waals surface area contributed by atoms with E-state index < -0.39 is 0 Å². The highest BCUT2D eigenvalue weighted by molar-refractivity contribution is 9.10. The molecule has 88 valence electrons. The lowest BCUT2D eigenvalue weighted by Gasteiger charge is -2.08. The van der Waals surface area contributed by atoms with E-state index in [4.69, 9.17) is 10.5 Å². The first-order valence-corrected chi connectivity index (χ1v) is 5.88. The summed E-state index contributed by atoms with van der Waals surface area (Å²) in [6, 6.07) is 9.71. The quantitative estimate of drug-likeness (QED) is 0.945. The molecule has 0 unspecified atom stereocenters. The number of nitrogens with two attached hydrogens (primary N) is 1. The van der Waals surface area contributed by atoms with E-state index >= 15 is 0 Å². The van der Waals surface area contributed by atoms with E-state index in [2.05, 4.69) is 25.9 Å². The number of aromatic nitrogens is 2. The van der Waals surface area contributed by atoms with Crippen LogP contribution in [0.25, 0.3) is 11.4 Å². The van der Waals surface area contributed by atoms with Crippen molar-refractivity contribution >= 4 is 21.7 Å². The summed E-state index contributed by atoms with van der Waals surface area (Å²) in [7, 11) is 1.62. The second-order valence-corrected chi connectivity index (χ2v) is 4.29. The number of methoxy groups -OCH3 is 1. The standard InChI is InChI=1S/C12H12BrN3O/c1-17-7-9-10(13)11(14)16-12(15-9)8-5-3-2-4-6-8/h2-6H,7H2,1H3,(H2,14,15,16). The van der Waals surface area contributed by atoms with Crippen molar-refractivity contribution < 1.29 is 4.74 Å². The van der Waals surface area contributed by atoms with Gasteiger partial charge >= 0.3 is 0 Å². The maximum absolute atomic E-state index is 5.84. The number of benzene rings is 1. The Morgan fingerprint density at radius 2 is 1.94 bits per heavy atom. The van der Waals surface area contributed by atoms with Crippen molar-refractivity contribution in [2.75, 3.05) is 12.8 Å². The van der Waals surface area contributed by atoms with E-state index in [1.54, 1.807) is 7.11 Å². The van der Waals surface area contributed by atoms with Crippen LogP contribution in [0.3, 0.4) is 0 Å². The van der Waals surface area contributed by atoms with Gasteiger partial charge in [0.05, 0.1) is 16.8 Å². The van der Waals surface area contributed by atoms with Crippen molar-refractivity contribution in [2.45, 2.75) is 6.61 Å². The number of hydrogen-bond donors (Lipinski definition) is 1. The van der Waals surface area contributed by atoms with Gasteiger partial charge in [-0.15, -0.1) is 0 Å². The third-order valence-corrected chi connectivity index (χ3v) is 3.12. The minimum Gasteiger partial charge on any atom is -0.383 e. The molecule has 2 aromatic rings. The van der Waals surface area contributed by atoms with Gasteiger partial charge < -0.3 is 10.5 Å². The fourth-order valence-electron chi connectivity index (χ4n) is 1.46. The van der Waals surface area contributed by atoms with Crippen LogP contribution in [-0.4, -0.2) is 17.1 Å². The van der Waals surface area contributed by atoms with Gasteiger partial charge in [0.2, 0.25) is 0 Å². The molecule has 0 aliphatic heterocycles. The molecule has 0 amide bonds. The predicted octanol–water partition coefficient (Wildman–Crippen LogP) is 2.63. The number of nitrogen functional groups attached to an aromatic ring is 1. The van der Waals surface area contributed by atoms with Crippen LogP contribution < -0.4 is 5.73 Å². The minimum atomic E-state index is 0.396. The van der Waals surface area contributed by atoms with Gasteiger partial charge in [-0.25, -0.2) is 9.97 Å². The van der Waals surface area contributed by atoms with E-state index in [9.17, 15) is 0 Å². The van der Waals surface area contributed by atoms with Crippen LogP contribution in [0.2, 0.25) is 0 Å². The van der Waals surface area contributed by atoms with E-state index in [0.29, 0.717) is 22.7 Å². The van der Waals surface area contributed by atoms with Crippen molar-refractivity contribution in [3.63, 3.8) is 0 Å². The Morgan fingerprint density at radius 3 is 2.59 bits per heavy atom. The summed E-state index contributed by atoms with van der Waals surface area (Å²) in [6.07, 6.45) is 0. The minimum absolute atomic E-state index is 0.396. The van der Waals surface area contributed by atoms with Crippen LogP contribution in [0, 0.1) is 0 Å². The molecule has 0 saturated carbocycles. The van der Waals surface area contributed by atoms with Crippen molar-refractivity contribution in [1.82, 2.24) is 9.97 Å². The van der Waals surface area contributed by atoms with Crippen molar-refractivity contribution in [3.8, 4) is 11.4 Å². The van der Waals surface area contributed by atoms with E-state index in [1.807, 2.05) is 30.3 Å². The fourth-order valence-corrected chi connectivity index (χ4v) is 1.75. The molecule has 1 heterocycles. The van der Waals surface area contributed by atoms with Crippen LogP contribution >= 0.6 is 15.9 Å². The zero-order valence-electron chi connectivity index (χ0n) is 9.35. The highest BCUT2D eigenvalue weighted by Crippen LogP contribution is 2.25. The molecule has 2 N–H and O–H groups in total. The van der Waals surface area contributed by atoms with E-state index in [-0.39, 0.29) is 0 Å². The van der Waals surface area contributed by atoms with Crippen molar-refractivity contribution in [1.29, 1.82) is 0 Å². The molecule has 0 fully saturated rings. The molecule has 0 aliphatic rings. The maximum Gasteiger partial charge on any atom is 0.161 e. The number of rotatable bonds is 3. The van der Waals surface area contributed by atoms with Gasteiger partial charge in [0.1, 0.15) is 5.82 Å². The molecule has 2 rings (SSSR count). The molecule has 0 atom stereocenters. The number of nitrogens with zero attached hydrogens (tertiary/aromatic N) is 2. The second kappa shape index (κ2) is 5.25. The molecule has 0 bridgehead atoms. The van der Waals surface area contributed by atoms with Crippen LogP contribution in [0.5, 0.6) is 0 Å². The fraction of sp³-hybridized carbons (Fsp3) is 0.167. The molecule has 1 aromatic heterocycles. The number of ether oxygens (including phenoxy) is 1. The Hall–Kier alpha value is -1.46. The summed E-state index contributed by atoms with van der Waals surface area (Å²) in [6.45, 7) is 0.396. The van der Waals surface area contributed by atoms with Gasteiger partial charge in [-0.2, -0.15) is 0 Å². The molecule has 1 aromatic carbocycles. The molecule has 0 spiro atoms. The molecule has 0 saturated heterocycles. The first-order chi connectivity index (χ1) is 8.22. The predicted molar refractivity (Wildman–Crippen MR) is 70.3 cm³/mol. The summed E-state index contributed by atoms with van der Waals surface area (Å²) in [5.74, 6) is 1.03. The third-order valence-electron chi connectivity index (χ3n) is 2.26. The summed E-state index contributed by atoms with van der Waals surface area (Å²) in [4.78, 5) is 8.68. The topological polar surface area (TPSA) is 61.0 Å². The zero-order valence-corrected chi connectivity index (χ0v) is 10.9. The lowest BCUT2D eigenvalue weighted by atomic mass is 10.2. The summed E-state index contributed by atoms with van der Waals surface area (Å²) in [5, 5.41) is 0. The summed E-state index contributed by atoms with van der Waals surface area (Å²) in [5.41, 5.74) is 7.52. The first kappa shape index (κ1) is 12.0. The van der Waals surface area contributed by atoms with Crippen LogP contribution in [-0.2, 0) is 11.3 Å². The van der Waals surface area contributed by atoms with Gasteiger partial charge in [-0.05, 0) is 15.9 Å². The Labute approximate surface area is 108 Å². The number of anilines is 1. The average molecular weight is 294 g/mol. The van der Waals surface area contributed by atoms with E-state index in [1.165, 1.54) is 0 Å². The largest absolute Gasteiger partial charge is 0.383 e. The van der Waals surface area contributed by atoms with Gasteiger partial charge in [0.25, 0.3) is 0 Å². The summed E-state index contributed by atoms with van der Waals surface area (Å²) < 4.78 is 5.77. The van der Waals surface area contributed by atoms with Crippen molar-refractivity contribution in [2.24, 2.45) is 0 Å². The smallest absolute Gasteiger partial charge is 0.161 e. The highest BCUT2D eigenvalue weighted by Gasteiger charge is 2.10. The SMILES string of the molecule is COCc1nc(-c2ccccc2)nc(N)c1Br. The van der Waals surface area contributed by atoms with Crippen LogP contribution in [0.15, 0.2) is 34.8 Å². The lowest BCUT2D eigenvalue weighted by molar-refractivity contribution is 0.181.